The maximum absolute atomic E-state index is 13.0. The van der Waals surface area contributed by atoms with Crippen molar-refractivity contribution in [2.75, 3.05) is 4.72 Å². The first-order chi connectivity index (χ1) is 8.88. The molecule has 9 heteroatoms. The average Bonchev–Trinajstić information content (AvgIpc) is 2.31. The fourth-order valence-corrected chi connectivity index (χ4v) is 2.53. The van der Waals surface area contributed by atoms with Crippen molar-refractivity contribution in [1.29, 1.82) is 0 Å². The third-order valence-electron chi connectivity index (χ3n) is 2.03. The Bertz CT molecular complexity index is 704. The number of sulfonamides is 1. The van der Waals surface area contributed by atoms with Gasteiger partial charge >= 0.3 is 0 Å². The van der Waals surface area contributed by atoms with E-state index in [1.807, 2.05) is 4.72 Å². The van der Waals surface area contributed by atoms with Gasteiger partial charge in [-0.3, -0.25) is 4.72 Å². The fraction of sp³-hybridized carbons (Fsp3) is 0. The van der Waals surface area contributed by atoms with Crippen molar-refractivity contribution in [2.24, 2.45) is 0 Å². The number of nitrogens with zero attached hydrogens (tertiary/aromatic N) is 2. The lowest BCUT2D eigenvalue weighted by Gasteiger charge is -2.08. The standard InChI is InChI=1S/C10H6ClF2N3O2S/c11-9-10(15-2-1-14-9)16-19(17,18)8-4-6(12)3-7(13)5-8/h1-5H,(H,15,16). The van der Waals surface area contributed by atoms with Crippen molar-refractivity contribution in [3.63, 3.8) is 0 Å². The van der Waals surface area contributed by atoms with E-state index in [1.165, 1.54) is 12.4 Å². The zero-order valence-electron chi connectivity index (χ0n) is 9.14. The Kier molecular flexibility index (Phi) is 3.63. The number of aromatic nitrogens is 2. The van der Waals surface area contributed by atoms with Gasteiger partial charge in [-0.1, -0.05) is 11.6 Å². The molecule has 1 aromatic carbocycles. The van der Waals surface area contributed by atoms with Gasteiger partial charge in [0.25, 0.3) is 10.0 Å². The summed E-state index contributed by atoms with van der Waals surface area (Å²) in [7, 11) is -4.20. The minimum Gasteiger partial charge on any atom is -0.261 e. The molecule has 0 amide bonds. The van der Waals surface area contributed by atoms with Crippen LogP contribution in [0.2, 0.25) is 5.15 Å². The minimum atomic E-state index is -4.20. The van der Waals surface area contributed by atoms with Gasteiger partial charge in [-0.2, -0.15) is 0 Å². The Balaban J connectivity index is 2.41. The largest absolute Gasteiger partial charge is 0.263 e. The monoisotopic (exact) mass is 305 g/mol. The van der Waals surface area contributed by atoms with Crippen LogP contribution in [-0.4, -0.2) is 18.4 Å². The van der Waals surface area contributed by atoms with E-state index in [1.54, 1.807) is 0 Å². The molecule has 0 fully saturated rings. The van der Waals surface area contributed by atoms with E-state index in [-0.39, 0.29) is 11.0 Å². The Morgan fingerprint density at radius 3 is 2.21 bits per heavy atom. The van der Waals surface area contributed by atoms with Crippen LogP contribution in [0.1, 0.15) is 0 Å². The van der Waals surface area contributed by atoms with E-state index in [0.29, 0.717) is 18.2 Å². The van der Waals surface area contributed by atoms with Crippen LogP contribution in [0.4, 0.5) is 14.6 Å². The predicted molar refractivity (Wildman–Crippen MR) is 64.2 cm³/mol. The molecule has 1 aromatic heterocycles. The highest BCUT2D eigenvalue weighted by atomic mass is 35.5. The molecule has 0 aliphatic heterocycles. The second-order valence-electron chi connectivity index (χ2n) is 3.41. The lowest BCUT2D eigenvalue weighted by molar-refractivity contribution is 0.568. The summed E-state index contributed by atoms with van der Waals surface area (Å²) in [5.74, 6) is -2.25. The summed E-state index contributed by atoms with van der Waals surface area (Å²) >= 11 is 5.63. The maximum Gasteiger partial charge on any atom is 0.263 e. The van der Waals surface area contributed by atoms with Crippen LogP contribution >= 0.6 is 11.6 Å². The molecule has 5 nitrogen and oxygen atoms in total. The van der Waals surface area contributed by atoms with Crippen LogP contribution in [0.3, 0.4) is 0 Å². The Morgan fingerprint density at radius 2 is 1.63 bits per heavy atom. The number of hydrogen-bond acceptors (Lipinski definition) is 4. The molecule has 2 rings (SSSR count). The molecule has 1 heterocycles. The smallest absolute Gasteiger partial charge is 0.261 e. The lowest BCUT2D eigenvalue weighted by Crippen LogP contribution is -2.15. The lowest BCUT2D eigenvalue weighted by atomic mass is 10.3. The summed E-state index contributed by atoms with van der Waals surface area (Å²) < 4.78 is 51.7. The summed E-state index contributed by atoms with van der Waals surface area (Å²) in [6.45, 7) is 0. The number of nitrogens with one attached hydrogen (secondary N) is 1. The second-order valence-corrected chi connectivity index (χ2v) is 5.45. The number of halogens is 3. The summed E-state index contributed by atoms with van der Waals surface area (Å²) in [6.07, 6.45) is 2.48. The molecule has 0 aliphatic rings. The summed E-state index contributed by atoms with van der Waals surface area (Å²) in [5.41, 5.74) is 0. The predicted octanol–water partition coefficient (Wildman–Crippen LogP) is 2.21. The molecular weight excluding hydrogens is 300 g/mol. The topological polar surface area (TPSA) is 72.0 Å². The van der Waals surface area contributed by atoms with E-state index in [9.17, 15) is 17.2 Å². The quantitative estimate of drug-likeness (QED) is 0.943. The van der Waals surface area contributed by atoms with Crippen molar-refractivity contribution < 1.29 is 17.2 Å². The second kappa shape index (κ2) is 5.06. The van der Waals surface area contributed by atoms with Crippen LogP contribution in [0, 0.1) is 11.6 Å². The average molecular weight is 306 g/mol. The zero-order chi connectivity index (χ0) is 14.0. The van der Waals surface area contributed by atoms with Gasteiger partial charge in [0.1, 0.15) is 11.6 Å². The van der Waals surface area contributed by atoms with Crippen molar-refractivity contribution in [1.82, 2.24) is 9.97 Å². The normalized spacial score (nSPS) is 11.3. The molecule has 0 saturated carbocycles. The first-order valence-electron chi connectivity index (χ1n) is 4.84. The summed E-state index contributed by atoms with van der Waals surface area (Å²) in [6, 6.07) is 1.92. The molecule has 0 saturated heterocycles. The maximum atomic E-state index is 13.0. The molecule has 1 N–H and O–H groups in total. The molecule has 0 aliphatic carbocycles. The molecule has 0 atom stereocenters. The van der Waals surface area contributed by atoms with Gasteiger partial charge in [-0.15, -0.1) is 0 Å². The van der Waals surface area contributed by atoms with Crippen LogP contribution in [0.5, 0.6) is 0 Å². The van der Waals surface area contributed by atoms with Crippen molar-refractivity contribution in [3.05, 3.63) is 47.4 Å². The van der Waals surface area contributed by atoms with Gasteiger partial charge in [-0.25, -0.2) is 27.2 Å². The van der Waals surface area contributed by atoms with E-state index >= 15 is 0 Å². The van der Waals surface area contributed by atoms with Gasteiger partial charge in [0.15, 0.2) is 11.0 Å². The van der Waals surface area contributed by atoms with E-state index < -0.39 is 26.6 Å². The number of benzene rings is 1. The zero-order valence-corrected chi connectivity index (χ0v) is 10.7. The Labute approximate surface area is 112 Å². The van der Waals surface area contributed by atoms with Crippen LogP contribution in [0.25, 0.3) is 0 Å². The SMILES string of the molecule is O=S(=O)(Nc1nccnc1Cl)c1cc(F)cc(F)c1. The van der Waals surface area contributed by atoms with Gasteiger partial charge < -0.3 is 0 Å². The molecule has 2 aromatic rings. The van der Waals surface area contributed by atoms with Gasteiger partial charge in [0.05, 0.1) is 4.90 Å². The summed E-state index contributed by atoms with van der Waals surface area (Å²) in [4.78, 5) is 6.70. The van der Waals surface area contributed by atoms with Crippen LogP contribution in [-0.2, 0) is 10.0 Å². The van der Waals surface area contributed by atoms with E-state index in [4.69, 9.17) is 11.6 Å². The highest BCUT2D eigenvalue weighted by molar-refractivity contribution is 7.92. The fourth-order valence-electron chi connectivity index (χ4n) is 1.26. The van der Waals surface area contributed by atoms with Gasteiger partial charge in [-0.05, 0) is 12.1 Å². The Morgan fingerprint density at radius 1 is 1.05 bits per heavy atom. The number of rotatable bonds is 3. The number of hydrogen-bond donors (Lipinski definition) is 1. The highest BCUT2D eigenvalue weighted by Gasteiger charge is 2.18. The van der Waals surface area contributed by atoms with E-state index in [2.05, 4.69) is 9.97 Å². The molecule has 0 spiro atoms. The molecular formula is C10H6ClF2N3O2S. The molecule has 100 valence electrons. The van der Waals surface area contributed by atoms with Crippen molar-refractivity contribution in [2.45, 2.75) is 4.90 Å². The summed E-state index contributed by atoms with van der Waals surface area (Å²) in [5, 5.41) is -0.178. The number of anilines is 1. The van der Waals surface area contributed by atoms with E-state index in [0.717, 1.165) is 0 Å². The molecule has 0 radical (unpaired) electrons. The Hall–Kier alpha value is -1.80. The third-order valence-corrected chi connectivity index (χ3v) is 3.63. The van der Waals surface area contributed by atoms with Crippen molar-refractivity contribution >= 4 is 27.4 Å². The molecule has 0 unspecified atom stereocenters. The highest BCUT2D eigenvalue weighted by Crippen LogP contribution is 2.20. The van der Waals surface area contributed by atoms with Crippen molar-refractivity contribution in [3.8, 4) is 0 Å². The van der Waals surface area contributed by atoms with Gasteiger partial charge in [0, 0.05) is 18.5 Å². The minimum absolute atomic E-state index is 0.178. The van der Waals surface area contributed by atoms with Gasteiger partial charge in [0.2, 0.25) is 0 Å². The van der Waals surface area contributed by atoms with Crippen LogP contribution in [0.15, 0.2) is 35.5 Å². The molecule has 19 heavy (non-hydrogen) atoms. The third kappa shape index (κ3) is 3.15. The molecule has 0 bridgehead atoms. The first kappa shape index (κ1) is 13.6. The van der Waals surface area contributed by atoms with Crippen LogP contribution < -0.4 is 4.72 Å². The first-order valence-corrected chi connectivity index (χ1v) is 6.70.